The Kier molecular flexibility index (Phi) is 3.75. The first-order valence-corrected chi connectivity index (χ1v) is 8.92. The first kappa shape index (κ1) is 17.3. The first-order chi connectivity index (χ1) is 13.5. The molecule has 5 rings (SSSR count). The molecule has 0 spiro atoms. The zero-order valence-electron chi connectivity index (χ0n) is 15.0. The Morgan fingerprint density at radius 3 is 2.89 bits per heavy atom. The molecule has 9 nitrogen and oxygen atoms in total. The van der Waals surface area contributed by atoms with Crippen molar-refractivity contribution in [2.75, 3.05) is 6.61 Å². The third kappa shape index (κ3) is 2.38. The van der Waals surface area contributed by atoms with Crippen LogP contribution in [-0.2, 0) is 4.74 Å². The highest BCUT2D eigenvalue weighted by atomic mass is 16.6. The van der Waals surface area contributed by atoms with E-state index in [4.69, 9.17) is 4.74 Å². The Morgan fingerprint density at radius 1 is 1.25 bits per heavy atom. The minimum absolute atomic E-state index is 0.405. The lowest BCUT2D eigenvalue weighted by Crippen LogP contribution is -2.44. The quantitative estimate of drug-likeness (QED) is 0.416. The molecular formula is C19H19N5O4. The molecule has 4 heterocycles. The molecular weight excluding hydrogens is 362 g/mol. The molecule has 4 aromatic rings. The predicted molar refractivity (Wildman–Crippen MR) is 100 cm³/mol. The summed E-state index contributed by atoms with van der Waals surface area (Å²) in [5.41, 5.74) is 1.98. The van der Waals surface area contributed by atoms with Crippen LogP contribution in [0.1, 0.15) is 13.2 Å². The number of H-pyrrole nitrogens is 1. The molecule has 0 radical (unpaired) electrons. The minimum Gasteiger partial charge on any atom is -0.394 e. The van der Waals surface area contributed by atoms with Crippen LogP contribution in [-0.4, -0.2) is 64.2 Å². The molecule has 3 unspecified atom stereocenters. The third-order valence-electron chi connectivity index (χ3n) is 5.37. The summed E-state index contributed by atoms with van der Waals surface area (Å²) in [5, 5.41) is 31.5. The number of benzene rings is 1. The fourth-order valence-electron chi connectivity index (χ4n) is 3.83. The van der Waals surface area contributed by atoms with Crippen LogP contribution in [0.25, 0.3) is 33.3 Å². The van der Waals surface area contributed by atoms with Gasteiger partial charge in [-0.25, -0.2) is 15.0 Å². The number of nitrogens with one attached hydrogen (secondary N) is 1. The molecule has 4 N–H and O–H groups in total. The number of imidazole rings is 1. The largest absolute Gasteiger partial charge is 0.394 e. The summed E-state index contributed by atoms with van der Waals surface area (Å²) in [6, 6.07) is 7.92. The smallest absolute Gasteiger partial charge is 0.168 e. The number of aliphatic hydroxyl groups excluding tert-OH is 2. The number of hydrogen-bond donors (Lipinski definition) is 4. The summed E-state index contributed by atoms with van der Waals surface area (Å²) in [7, 11) is 0. The van der Waals surface area contributed by atoms with Crippen LogP contribution in [0.5, 0.6) is 0 Å². The number of fused-ring (bicyclic) bond motifs is 2. The van der Waals surface area contributed by atoms with Crippen LogP contribution in [0, 0.1) is 0 Å². The summed E-state index contributed by atoms with van der Waals surface area (Å²) in [6.45, 7) is 1.06. The molecule has 1 aromatic carbocycles. The Bertz CT molecular complexity index is 1170. The van der Waals surface area contributed by atoms with Crippen LogP contribution < -0.4 is 0 Å². The second-order valence-electron chi connectivity index (χ2n) is 7.21. The standard InChI is InChI=1S/C19H19N5O4/c1-19(27)16(26)13(7-25)28-18(19)24-9-23-15-14(21-8-22-17(15)24)11-2-3-12-10(6-11)4-5-20-12/h2-6,8-9,13,16,18,20,25-27H,7H2,1H3/t13?,16?,18?,19-/m1/s1. The van der Waals surface area contributed by atoms with Crippen LogP contribution in [0.3, 0.4) is 0 Å². The zero-order chi connectivity index (χ0) is 19.5. The van der Waals surface area contributed by atoms with Crippen molar-refractivity contribution >= 4 is 22.1 Å². The van der Waals surface area contributed by atoms with E-state index in [1.807, 2.05) is 30.5 Å². The third-order valence-corrected chi connectivity index (χ3v) is 5.37. The minimum atomic E-state index is -1.61. The molecule has 0 bridgehead atoms. The number of nitrogens with zero attached hydrogens (tertiary/aromatic N) is 4. The molecule has 0 aliphatic carbocycles. The van der Waals surface area contributed by atoms with E-state index in [0.29, 0.717) is 16.9 Å². The number of aliphatic hydroxyl groups is 3. The van der Waals surface area contributed by atoms with Gasteiger partial charge >= 0.3 is 0 Å². The van der Waals surface area contributed by atoms with Gasteiger partial charge in [-0.3, -0.25) is 4.57 Å². The highest BCUT2D eigenvalue weighted by Crippen LogP contribution is 2.40. The number of ether oxygens (including phenoxy) is 1. The lowest BCUT2D eigenvalue weighted by molar-refractivity contribution is -0.0950. The SMILES string of the molecule is C[C@@]1(O)C(O)C(CO)OC1n1cnc2c(-c3ccc4[nH]ccc4c3)ncnc21. The van der Waals surface area contributed by atoms with Crippen LogP contribution in [0.2, 0.25) is 0 Å². The summed E-state index contributed by atoms with van der Waals surface area (Å²) in [5.74, 6) is 0. The Morgan fingerprint density at radius 2 is 2.11 bits per heavy atom. The molecule has 9 heteroatoms. The summed E-state index contributed by atoms with van der Waals surface area (Å²) < 4.78 is 7.26. The highest BCUT2D eigenvalue weighted by Gasteiger charge is 2.53. The monoisotopic (exact) mass is 381 g/mol. The maximum atomic E-state index is 10.8. The normalized spacial score (nSPS) is 27.8. The van der Waals surface area contributed by atoms with Gasteiger partial charge in [0.05, 0.1) is 12.9 Å². The van der Waals surface area contributed by atoms with Crippen LogP contribution >= 0.6 is 0 Å². The van der Waals surface area contributed by atoms with E-state index in [1.165, 1.54) is 19.6 Å². The fourth-order valence-corrected chi connectivity index (χ4v) is 3.83. The van der Waals surface area contributed by atoms with Gasteiger partial charge in [0.1, 0.15) is 35.3 Å². The van der Waals surface area contributed by atoms with Crippen molar-refractivity contribution in [1.29, 1.82) is 0 Å². The molecule has 1 aliphatic heterocycles. The number of hydrogen-bond acceptors (Lipinski definition) is 7. The lowest BCUT2D eigenvalue weighted by atomic mass is 9.96. The van der Waals surface area contributed by atoms with Gasteiger partial charge in [-0.05, 0) is 25.1 Å². The van der Waals surface area contributed by atoms with Gasteiger partial charge < -0.3 is 25.0 Å². The van der Waals surface area contributed by atoms with E-state index in [0.717, 1.165) is 16.5 Å². The molecule has 0 amide bonds. The molecule has 144 valence electrons. The Balaban J connectivity index is 1.63. The van der Waals surface area contributed by atoms with Crippen molar-refractivity contribution < 1.29 is 20.1 Å². The van der Waals surface area contributed by atoms with E-state index >= 15 is 0 Å². The van der Waals surface area contributed by atoms with E-state index in [1.54, 1.807) is 4.57 Å². The van der Waals surface area contributed by atoms with Crippen molar-refractivity contribution in [3.05, 3.63) is 43.1 Å². The van der Waals surface area contributed by atoms with E-state index < -0.39 is 30.6 Å². The number of aromatic nitrogens is 5. The first-order valence-electron chi connectivity index (χ1n) is 8.92. The van der Waals surface area contributed by atoms with Crippen LogP contribution in [0.15, 0.2) is 43.1 Å². The van der Waals surface area contributed by atoms with Crippen molar-refractivity contribution in [2.24, 2.45) is 0 Å². The zero-order valence-corrected chi connectivity index (χ0v) is 15.0. The Hall–Kier alpha value is -2.85. The summed E-state index contributed by atoms with van der Waals surface area (Å²) in [4.78, 5) is 16.3. The van der Waals surface area contributed by atoms with Crippen molar-refractivity contribution in [1.82, 2.24) is 24.5 Å². The topological polar surface area (TPSA) is 129 Å². The van der Waals surface area contributed by atoms with Crippen molar-refractivity contribution in [3.63, 3.8) is 0 Å². The van der Waals surface area contributed by atoms with E-state index in [-0.39, 0.29) is 0 Å². The maximum Gasteiger partial charge on any atom is 0.168 e. The number of rotatable bonds is 3. The van der Waals surface area contributed by atoms with Gasteiger partial charge in [0.25, 0.3) is 0 Å². The second-order valence-corrected chi connectivity index (χ2v) is 7.21. The predicted octanol–water partition coefficient (Wildman–Crippen LogP) is 0.976. The average Bonchev–Trinajstić information content (AvgIpc) is 3.38. The van der Waals surface area contributed by atoms with Gasteiger partial charge in [-0.2, -0.15) is 0 Å². The van der Waals surface area contributed by atoms with E-state index in [9.17, 15) is 15.3 Å². The fraction of sp³-hybridized carbons (Fsp3) is 0.316. The van der Waals surface area contributed by atoms with Gasteiger partial charge in [-0.1, -0.05) is 6.07 Å². The van der Waals surface area contributed by atoms with Crippen molar-refractivity contribution in [2.45, 2.75) is 31.0 Å². The highest BCUT2D eigenvalue weighted by molar-refractivity contribution is 5.91. The molecule has 0 saturated carbocycles. The van der Waals surface area contributed by atoms with Gasteiger partial charge in [0.15, 0.2) is 11.9 Å². The average molecular weight is 381 g/mol. The van der Waals surface area contributed by atoms with E-state index in [2.05, 4.69) is 19.9 Å². The van der Waals surface area contributed by atoms with Gasteiger partial charge in [-0.15, -0.1) is 0 Å². The summed E-state index contributed by atoms with van der Waals surface area (Å²) in [6.07, 6.45) is 1.73. The maximum absolute atomic E-state index is 10.8. The second kappa shape index (κ2) is 6.08. The lowest BCUT2D eigenvalue weighted by Gasteiger charge is -2.27. The summed E-state index contributed by atoms with van der Waals surface area (Å²) >= 11 is 0. The van der Waals surface area contributed by atoms with Gasteiger partial charge in [0.2, 0.25) is 0 Å². The Labute approximate surface area is 159 Å². The molecule has 4 atom stereocenters. The molecule has 1 aliphatic rings. The van der Waals surface area contributed by atoms with Crippen LogP contribution in [0.4, 0.5) is 0 Å². The molecule has 1 saturated heterocycles. The van der Waals surface area contributed by atoms with Crippen molar-refractivity contribution in [3.8, 4) is 11.3 Å². The molecule has 3 aromatic heterocycles. The number of aromatic amines is 1. The molecule has 28 heavy (non-hydrogen) atoms. The molecule has 1 fully saturated rings. The van der Waals surface area contributed by atoms with Gasteiger partial charge in [0, 0.05) is 22.7 Å².